The number of rotatable bonds is 4. The Morgan fingerprint density at radius 2 is 2.00 bits per heavy atom. The number of carbonyl (C=O) groups excluding carboxylic acids is 2. The van der Waals surface area contributed by atoms with Crippen LogP contribution in [0.25, 0.3) is 0 Å². The van der Waals surface area contributed by atoms with Crippen LogP contribution in [0.5, 0.6) is 0 Å². The highest BCUT2D eigenvalue weighted by atomic mass is 35.5. The zero-order chi connectivity index (χ0) is 19.6. The van der Waals surface area contributed by atoms with Crippen molar-refractivity contribution in [1.29, 1.82) is 0 Å². The number of amides is 1. The first-order valence-electron chi connectivity index (χ1n) is 8.40. The molecule has 0 spiro atoms. The number of anilines is 1. The summed E-state index contributed by atoms with van der Waals surface area (Å²) < 4.78 is 4.90. The van der Waals surface area contributed by atoms with Crippen molar-refractivity contribution in [2.24, 2.45) is 0 Å². The summed E-state index contributed by atoms with van der Waals surface area (Å²) in [7, 11) is 1.29. The zero-order valence-electron chi connectivity index (χ0n) is 14.5. The molecule has 1 aliphatic rings. The number of thiophene rings is 1. The lowest BCUT2D eigenvalue weighted by molar-refractivity contribution is -0.385. The molecular weight excluding hydrogens is 392 g/mol. The fourth-order valence-electron chi connectivity index (χ4n) is 3.17. The van der Waals surface area contributed by atoms with E-state index in [1.54, 1.807) is 0 Å². The summed E-state index contributed by atoms with van der Waals surface area (Å²) >= 11 is 7.13. The lowest BCUT2D eigenvalue weighted by Crippen LogP contribution is -2.16. The van der Waals surface area contributed by atoms with Gasteiger partial charge < -0.3 is 10.1 Å². The molecule has 1 aromatic heterocycles. The largest absolute Gasteiger partial charge is 0.465 e. The van der Waals surface area contributed by atoms with Gasteiger partial charge >= 0.3 is 5.97 Å². The quantitative estimate of drug-likeness (QED) is 0.344. The van der Waals surface area contributed by atoms with Crippen molar-refractivity contribution >= 4 is 45.5 Å². The summed E-state index contributed by atoms with van der Waals surface area (Å²) in [5, 5.41) is 14.4. The SMILES string of the molecule is COC(=O)c1c(NC(=O)c2ccc(Cl)cc2[N+](=O)[O-])sc2c1CCCCC2. The highest BCUT2D eigenvalue weighted by molar-refractivity contribution is 7.17. The second-order valence-corrected chi connectivity index (χ2v) is 7.67. The number of hydrogen-bond acceptors (Lipinski definition) is 6. The van der Waals surface area contributed by atoms with Gasteiger partial charge in [-0.3, -0.25) is 14.9 Å². The zero-order valence-corrected chi connectivity index (χ0v) is 16.1. The van der Waals surface area contributed by atoms with Crippen molar-refractivity contribution in [3.63, 3.8) is 0 Å². The second kappa shape index (κ2) is 8.06. The van der Waals surface area contributed by atoms with Gasteiger partial charge in [0.15, 0.2) is 0 Å². The molecule has 0 atom stereocenters. The van der Waals surface area contributed by atoms with Gasteiger partial charge in [-0.15, -0.1) is 11.3 Å². The van der Waals surface area contributed by atoms with Crippen molar-refractivity contribution in [1.82, 2.24) is 0 Å². The second-order valence-electron chi connectivity index (χ2n) is 6.13. The minimum absolute atomic E-state index is 0.121. The molecule has 1 aromatic carbocycles. The minimum Gasteiger partial charge on any atom is -0.465 e. The number of halogens is 1. The fourth-order valence-corrected chi connectivity index (χ4v) is 4.61. The summed E-state index contributed by atoms with van der Waals surface area (Å²) in [6.07, 6.45) is 4.64. The van der Waals surface area contributed by atoms with Crippen LogP contribution in [0.15, 0.2) is 18.2 Å². The van der Waals surface area contributed by atoms with Crippen molar-refractivity contribution < 1.29 is 19.2 Å². The van der Waals surface area contributed by atoms with Gasteiger partial charge in [0.25, 0.3) is 11.6 Å². The maximum atomic E-state index is 12.7. The van der Waals surface area contributed by atoms with Gasteiger partial charge in [-0.1, -0.05) is 18.0 Å². The number of fused-ring (bicyclic) bond motifs is 1. The Morgan fingerprint density at radius 1 is 1.26 bits per heavy atom. The van der Waals surface area contributed by atoms with Crippen LogP contribution in [0, 0.1) is 10.1 Å². The van der Waals surface area contributed by atoms with E-state index in [2.05, 4.69) is 5.32 Å². The molecule has 27 heavy (non-hydrogen) atoms. The molecule has 0 aliphatic heterocycles. The molecule has 142 valence electrons. The maximum Gasteiger partial charge on any atom is 0.341 e. The van der Waals surface area contributed by atoms with Crippen LogP contribution >= 0.6 is 22.9 Å². The van der Waals surface area contributed by atoms with E-state index in [9.17, 15) is 19.7 Å². The minimum atomic E-state index is -0.667. The summed E-state index contributed by atoms with van der Waals surface area (Å²) in [4.78, 5) is 36.6. The lowest BCUT2D eigenvalue weighted by atomic mass is 10.1. The first-order chi connectivity index (χ1) is 12.9. The smallest absolute Gasteiger partial charge is 0.341 e. The third-order valence-corrected chi connectivity index (χ3v) is 5.88. The highest BCUT2D eigenvalue weighted by Crippen LogP contribution is 2.38. The summed E-state index contributed by atoms with van der Waals surface area (Å²) in [6.45, 7) is 0. The van der Waals surface area contributed by atoms with Gasteiger partial charge in [-0.05, 0) is 43.4 Å². The number of nitrogens with one attached hydrogen (secondary N) is 1. The Kier molecular flexibility index (Phi) is 5.76. The average Bonchev–Trinajstić information content (AvgIpc) is 2.81. The first kappa shape index (κ1) is 19.3. The predicted octanol–water partition coefficient (Wildman–Crippen LogP) is 4.62. The molecule has 0 saturated carbocycles. The molecule has 0 bridgehead atoms. The monoisotopic (exact) mass is 408 g/mol. The molecular formula is C18H17ClN2O5S. The Labute approximate surface area is 164 Å². The number of aryl methyl sites for hydroxylation is 1. The standard InChI is InChI=1S/C18H17ClN2O5S/c1-26-18(23)15-12-5-3-2-4-6-14(12)27-17(15)20-16(22)11-8-7-10(19)9-13(11)21(24)25/h7-9H,2-6H2,1H3,(H,20,22). The number of esters is 1. The number of ether oxygens (including phenoxy) is 1. The third-order valence-electron chi connectivity index (χ3n) is 4.44. The van der Waals surface area contributed by atoms with Crippen LogP contribution in [0.1, 0.15) is 50.4 Å². The maximum absolute atomic E-state index is 12.7. The van der Waals surface area contributed by atoms with E-state index < -0.39 is 22.5 Å². The Bertz CT molecular complexity index is 925. The number of nitro benzene ring substituents is 1. The molecule has 0 saturated heterocycles. The van der Waals surface area contributed by atoms with Crippen LogP contribution in [0.4, 0.5) is 10.7 Å². The molecule has 1 heterocycles. The molecule has 0 unspecified atom stereocenters. The molecule has 0 radical (unpaired) electrons. The van der Waals surface area contributed by atoms with Gasteiger partial charge in [-0.2, -0.15) is 0 Å². The van der Waals surface area contributed by atoms with Crippen LogP contribution in [-0.2, 0) is 17.6 Å². The van der Waals surface area contributed by atoms with Crippen LogP contribution in [-0.4, -0.2) is 23.9 Å². The van der Waals surface area contributed by atoms with Crippen molar-refractivity contribution in [3.05, 3.63) is 54.9 Å². The van der Waals surface area contributed by atoms with Crippen LogP contribution in [0.3, 0.4) is 0 Å². The van der Waals surface area contributed by atoms with Gasteiger partial charge in [0, 0.05) is 16.0 Å². The average molecular weight is 409 g/mol. The van der Waals surface area contributed by atoms with Gasteiger partial charge in [0.1, 0.15) is 10.6 Å². The number of nitro groups is 1. The Morgan fingerprint density at radius 3 is 2.70 bits per heavy atom. The molecule has 9 heteroatoms. The van der Waals surface area contributed by atoms with E-state index in [0.29, 0.717) is 10.6 Å². The Hall–Kier alpha value is -2.45. The third kappa shape index (κ3) is 3.96. The fraction of sp³-hybridized carbons (Fsp3) is 0.333. The van der Waals surface area contributed by atoms with E-state index >= 15 is 0 Å². The van der Waals surface area contributed by atoms with E-state index in [1.165, 1.54) is 30.6 Å². The highest BCUT2D eigenvalue weighted by Gasteiger charge is 2.28. The number of nitrogens with zero attached hydrogens (tertiary/aromatic N) is 1. The van der Waals surface area contributed by atoms with E-state index in [4.69, 9.17) is 16.3 Å². The van der Waals surface area contributed by atoms with Crippen molar-refractivity contribution in [2.75, 3.05) is 12.4 Å². The van der Waals surface area contributed by atoms with E-state index in [1.807, 2.05) is 0 Å². The molecule has 3 rings (SSSR count). The topological polar surface area (TPSA) is 98.5 Å². The molecule has 2 aromatic rings. The summed E-state index contributed by atoms with van der Waals surface area (Å²) in [5.41, 5.74) is 0.746. The number of carbonyl (C=O) groups is 2. The molecule has 1 amide bonds. The first-order valence-corrected chi connectivity index (χ1v) is 9.60. The Balaban J connectivity index is 2.00. The van der Waals surface area contributed by atoms with E-state index in [0.717, 1.165) is 48.6 Å². The number of methoxy groups -OCH3 is 1. The summed E-state index contributed by atoms with van der Waals surface area (Å²) in [6, 6.07) is 3.84. The molecule has 1 aliphatic carbocycles. The molecule has 7 nitrogen and oxygen atoms in total. The van der Waals surface area contributed by atoms with E-state index in [-0.39, 0.29) is 10.6 Å². The summed E-state index contributed by atoms with van der Waals surface area (Å²) in [5.74, 6) is -1.18. The van der Waals surface area contributed by atoms with Gasteiger partial charge in [0.05, 0.1) is 17.6 Å². The normalized spacial score (nSPS) is 13.4. The number of benzene rings is 1. The lowest BCUT2D eigenvalue weighted by Gasteiger charge is -2.08. The molecule has 0 fully saturated rings. The van der Waals surface area contributed by atoms with Crippen LogP contribution in [0.2, 0.25) is 5.02 Å². The van der Waals surface area contributed by atoms with Gasteiger partial charge in [-0.25, -0.2) is 4.79 Å². The predicted molar refractivity (Wildman–Crippen MR) is 103 cm³/mol. The number of hydrogen-bond donors (Lipinski definition) is 1. The van der Waals surface area contributed by atoms with Crippen molar-refractivity contribution in [3.8, 4) is 0 Å². The van der Waals surface area contributed by atoms with Crippen molar-refractivity contribution in [2.45, 2.75) is 32.1 Å². The van der Waals surface area contributed by atoms with Gasteiger partial charge in [0.2, 0.25) is 0 Å². The van der Waals surface area contributed by atoms with Crippen LogP contribution < -0.4 is 5.32 Å². The molecule has 1 N–H and O–H groups in total.